The molecule has 5 nitrogen and oxygen atoms in total. The van der Waals surface area contributed by atoms with Crippen LogP contribution in [0.15, 0.2) is 48.2 Å². The molecule has 0 spiro atoms. The van der Waals surface area contributed by atoms with Gasteiger partial charge in [-0.1, -0.05) is 36.7 Å². The van der Waals surface area contributed by atoms with Crippen LogP contribution in [0.1, 0.15) is 48.9 Å². The van der Waals surface area contributed by atoms with Gasteiger partial charge in [0.1, 0.15) is 11.6 Å². The largest absolute Gasteiger partial charge is 0.399 e. The molecule has 0 radical (unpaired) electrons. The SMILES string of the molecule is CCC(N/C=C(/C#N)C(=O)Nc1ccc(N)cc1Cl)c1ccc2c(c1)CCCC2. The number of nitriles is 1. The molecule has 1 amide bonds. The van der Waals surface area contributed by atoms with Gasteiger partial charge in [-0.2, -0.15) is 5.26 Å². The number of carbonyl (C=O) groups is 1. The van der Waals surface area contributed by atoms with Gasteiger partial charge in [0.15, 0.2) is 0 Å². The van der Waals surface area contributed by atoms with E-state index in [4.69, 9.17) is 17.3 Å². The molecule has 0 saturated heterocycles. The number of hydrogen-bond acceptors (Lipinski definition) is 4. The third-order valence-corrected chi connectivity index (χ3v) is 5.53. The fourth-order valence-corrected chi connectivity index (χ4v) is 3.81. The maximum Gasteiger partial charge on any atom is 0.267 e. The predicted molar refractivity (Wildman–Crippen MR) is 117 cm³/mol. The van der Waals surface area contributed by atoms with Gasteiger partial charge in [-0.05, 0) is 67.0 Å². The first-order chi connectivity index (χ1) is 14.0. The summed E-state index contributed by atoms with van der Waals surface area (Å²) in [5.41, 5.74) is 10.6. The number of amides is 1. The third-order valence-electron chi connectivity index (χ3n) is 5.22. The van der Waals surface area contributed by atoms with Gasteiger partial charge in [0.2, 0.25) is 0 Å². The van der Waals surface area contributed by atoms with Crippen molar-refractivity contribution in [3.05, 3.63) is 69.9 Å². The summed E-state index contributed by atoms with van der Waals surface area (Å²) in [4.78, 5) is 12.5. The highest BCUT2D eigenvalue weighted by Gasteiger charge is 2.15. The Labute approximate surface area is 176 Å². The van der Waals surface area contributed by atoms with Crippen molar-refractivity contribution in [3.63, 3.8) is 0 Å². The molecule has 6 heteroatoms. The van der Waals surface area contributed by atoms with E-state index in [0.717, 1.165) is 19.3 Å². The van der Waals surface area contributed by atoms with Gasteiger partial charge in [-0.25, -0.2) is 0 Å². The second-order valence-electron chi connectivity index (χ2n) is 7.23. The summed E-state index contributed by atoms with van der Waals surface area (Å²) in [6, 6.07) is 13.4. The molecule has 0 aromatic heterocycles. The smallest absolute Gasteiger partial charge is 0.267 e. The van der Waals surface area contributed by atoms with Crippen LogP contribution >= 0.6 is 11.6 Å². The van der Waals surface area contributed by atoms with Crippen molar-refractivity contribution in [3.8, 4) is 6.07 Å². The van der Waals surface area contributed by atoms with E-state index in [0.29, 0.717) is 16.4 Å². The molecule has 0 fully saturated rings. The second kappa shape index (κ2) is 9.49. The lowest BCUT2D eigenvalue weighted by Crippen LogP contribution is -2.20. The topological polar surface area (TPSA) is 90.9 Å². The van der Waals surface area contributed by atoms with Gasteiger partial charge in [0.05, 0.1) is 16.8 Å². The van der Waals surface area contributed by atoms with Crippen LogP contribution in [0.4, 0.5) is 11.4 Å². The summed E-state index contributed by atoms with van der Waals surface area (Å²) in [6.45, 7) is 2.07. The van der Waals surface area contributed by atoms with Crippen molar-refractivity contribution in [1.29, 1.82) is 5.26 Å². The van der Waals surface area contributed by atoms with Crippen molar-refractivity contribution in [2.45, 2.75) is 45.1 Å². The zero-order chi connectivity index (χ0) is 20.8. The minimum atomic E-state index is -0.521. The fourth-order valence-electron chi connectivity index (χ4n) is 3.57. The van der Waals surface area contributed by atoms with Gasteiger partial charge in [0, 0.05) is 11.9 Å². The molecule has 1 atom stereocenters. The molecular formula is C23H25ClN4O. The molecule has 3 rings (SSSR count). The molecule has 1 unspecified atom stereocenters. The minimum absolute atomic E-state index is 0.0192. The van der Waals surface area contributed by atoms with Crippen LogP contribution in [0.2, 0.25) is 5.02 Å². The maximum atomic E-state index is 12.5. The molecule has 0 heterocycles. The molecule has 2 aromatic carbocycles. The monoisotopic (exact) mass is 408 g/mol. The van der Waals surface area contributed by atoms with Crippen molar-refractivity contribution >= 4 is 28.9 Å². The van der Waals surface area contributed by atoms with Crippen molar-refractivity contribution < 1.29 is 4.79 Å². The summed E-state index contributed by atoms with van der Waals surface area (Å²) in [6.07, 6.45) is 7.06. The van der Waals surface area contributed by atoms with E-state index in [1.54, 1.807) is 18.2 Å². The van der Waals surface area contributed by atoms with E-state index in [1.165, 1.54) is 35.7 Å². The zero-order valence-electron chi connectivity index (χ0n) is 16.5. The Morgan fingerprint density at radius 2 is 2.00 bits per heavy atom. The average Bonchev–Trinajstić information content (AvgIpc) is 2.73. The third kappa shape index (κ3) is 5.10. The van der Waals surface area contributed by atoms with Crippen LogP contribution in [-0.4, -0.2) is 5.91 Å². The summed E-state index contributed by atoms with van der Waals surface area (Å²) in [5, 5.41) is 15.6. The van der Waals surface area contributed by atoms with Crippen LogP contribution in [0.5, 0.6) is 0 Å². The van der Waals surface area contributed by atoms with Gasteiger partial charge in [-0.15, -0.1) is 0 Å². The molecule has 0 saturated carbocycles. The molecule has 150 valence electrons. The highest BCUT2D eigenvalue weighted by Crippen LogP contribution is 2.27. The number of nitrogen functional groups attached to an aromatic ring is 1. The van der Waals surface area contributed by atoms with Crippen LogP contribution < -0.4 is 16.4 Å². The van der Waals surface area contributed by atoms with Crippen molar-refractivity contribution in [1.82, 2.24) is 5.32 Å². The number of rotatable bonds is 6. The lowest BCUT2D eigenvalue weighted by molar-refractivity contribution is -0.112. The number of nitrogens with one attached hydrogen (secondary N) is 2. The maximum absolute atomic E-state index is 12.5. The number of nitrogens with two attached hydrogens (primary N) is 1. The van der Waals surface area contributed by atoms with Crippen molar-refractivity contribution in [2.75, 3.05) is 11.1 Å². The number of aryl methyl sites for hydroxylation is 2. The molecule has 4 N–H and O–H groups in total. The standard InChI is InChI=1S/C23H25ClN4O/c1-2-21(17-8-7-15-5-3-4-6-16(15)11-17)27-14-18(13-25)23(29)28-22-10-9-19(26)12-20(22)24/h7-12,14,21,27H,2-6,26H2,1H3,(H,28,29)/b18-14-. The zero-order valence-corrected chi connectivity index (χ0v) is 17.2. The highest BCUT2D eigenvalue weighted by atomic mass is 35.5. The molecule has 0 aliphatic heterocycles. The van der Waals surface area contributed by atoms with Crippen molar-refractivity contribution in [2.24, 2.45) is 0 Å². The molecule has 1 aliphatic rings. The van der Waals surface area contributed by atoms with Crippen LogP contribution in [0.3, 0.4) is 0 Å². The number of hydrogen-bond donors (Lipinski definition) is 3. The minimum Gasteiger partial charge on any atom is -0.399 e. The number of nitrogens with zero attached hydrogens (tertiary/aromatic N) is 1. The molecule has 1 aliphatic carbocycles. The molecule has 2 aromatic rings. The first kappa shape index (κ1) is 20.8. The Bertz CT molecular complexity index is 977. The van der Waals surface area contributed by atoms with E-state index in [2.05, 4.69) is 35.8 Å². The summed E-state index contributed by atoms with van der Waals surface area (Å²) < 4.78 is 0. The molecule has 0 bridgehead atoms. The van der Waals surface area contributed by atoms with Gasteiger partial charge in [0.25, 0.3) is 5.91 Å². The molecular weight excluding hydrogens is 384 g/mol. The van der Waals surface area contributed by atoms with E-state index < -0.39 is 5.91 Å². The lowest BCUT2D eigenvalue weighted by Gasteiger charge is -2.21. The average molecular weight is 409 g/mol. The Hall–Kier alpha value is -2.97. The molecule has 29 heavy (non-hydrogen) atoms. The number of anilines is 2. The fraction of sp³-hybridized carbons (Fsp3) is 0.304. The van der Waals surface area contributed by atoms with Crippen LogP contribution in [-0.2, 0) is 17.6 Å². The first-order valence-electron chi connectivity index (χ1n) is 9.86. The Morgan fingerprint density at radius 3 is 2.69 bits per heavy atom. The normalized spacial score (nSPS) is 14.4. The Morgan fingerprint density at radius 1 is 1.24 bits per heavy atom. The predicted octanol–water partition coefficient (Wildman–Crippen LogP) is 4.89. The highest BCUT2D eigenvalue weighted by molar-refractivity contribution is 6.34. The summed E-state index contributed by atoms with van der Waals surface area (Å²) in [7, 11) is 0. The summed E-state index contributed by atoms with van der Waals surface area (Å²) in [5.74, 6) is -0.521. The second-order valence-corrected chi connectivity index (χ2v) is 7.63. The first-order valence-corrected chi connectivity index (χ1v) is 10.2. The number of carbonyl (C=O) groups excluding carboxylic acids is 1. The van der Waals surface area contributed by atoms with E-state index in [-0.39, 0.29) is 11.6 Å². The van der Waals surface area contributed by atoms with E-state index >= 15 is 0 Å². The number of fused-ring (bicyclic) bond motifs is 1. The van der Waals surface area contributed by atoms with Gasteiger partial charge < -0.3 is 16.4 Å². The van der Waals surface area contributed by atoms with Gasteiger partial charge >= 0.3 is 0 Å². The Balaban J connectivity index is 1.72. The van der Waals surface area contributed by atoms with Gasteiger partial charge in [-0.3, -0.25) is 4.79 Å². The van der Waals surface area contributed by atoms with Crippen LogP contribution in [0, 0.1) is 11.3 Å². The Kier molecular flexibility index (Phi) is 6.79. The van der Waals surface area contributed by atoms with E-state index in [9.17, 15) is 10.1 Å². The number of halogens is 1. The van der Waals surface area contributed by atoms with Crippen LogP contribution in [0.25, 0.3) is 0 Å². The van der Waals surface area contributed by atoms with E-state index in [1.807, 2.05) is 6.07 Å². The number of benzene rings is 2. The summed E-state index contributed by atoms with van der Waals surface area (Å²) >= 11 is 6.10. The lowest BCUT2D eigenvalue weighted by atomic mass is 9.89. The quantitative estimate of drug-likeness (QED) is 0.360.